The minimum atomic E-state index is -0.749. The summed E-state index contributed by atoms with van der Waals surface area (Å²) in [6.45, 7) is 2.38. The summed E-state index contributed by atoms with van der Waals surface area (Å²) in [5.74, 6) is -0.0833. The van der Waals surface area contributed by atoms with Crippen LogP contribution >= 0.6 is 0 Å². The van der Waals surface area contributed by atoms with Crippen molar-refractivity contribution in [1.29, 1.82) is 0 Å². The van der Waals surface area contributed by atoms with Gasteiger partial charge in [0.15, 0.2) is 11.4 Å². The van der Waals surface area contributed by atoms with Crippen molar-refractivity contribution in [2.45, 2.75) is 25.9 Å². The van der Waals surface area contributed by atoms with Gasteiger partial charge in [0, 0.05) is 11.5 Å². The van der Waals surface area contributed by atoms with Gasteiger partial charge in [-0.2, -0.15) is 0 Å². The molecule has 0 saturated carbocycles. The smallest absolute Gasteiger partial charge is 0.303 e. The maximum atomic E-state index is 11.3. The third-order valence-corrected chi connectivity index (χ3v) is 5.33. The number of piperidine rings is 1. The highest BCUT2D eigenvalue weighted by Gasteiger charge is 2.22. The molecule has 0 spiro atoms. The molecule has 11 heteroatoms. The molecular formula is C20H20N6O5. The monoisotopic (exact) mass is 424 g/mol. The first-order valence-electron chi connectivity index (χ1n) is 9.83. The van der Waals surface area contributed by atoms with Crippen molar-refractivity contribution in [3.05, 3.63) is 62.7 Å². The molecule has 2 heterocycles. The first-order chi connectivity index (χ1) is 15.0. The van der Waals surface area contributed by atoms with E-state index in [4.69, 9.17) is 0 Å². The van der Waals surface area contributed by atoms with E-state index in [0.29, 0.717) is 12.1 Å². The third-order valence-electron chi connectivity index (χ3n) is 5.33. The van der Waals surface area contributed by atoms with Gasteiger partial charge in [0.25, 0.3) is 5.69 Å². The van der Waals surface area contributed by atoms with Crippen LogP contribution in [0.1, 0.15) is 19.3 Å². The molecule has 1 N–H and O–H groups in total. The Morgan fingerprint density at radius 3 is 2.42 bits per heavy atom. The van der Waals surface area contributed by atoms with Crippen LogP contribution in [-0.4, -0.2) is 37.5 Å². The topological polar surface area (TPSA) is 139 Å². The highest BCUT2D eigenvalue weighted by Crippen LogP contribution is 2.41. The molecular weight excluding hydrogens is 404 g/mol. The average Bonchev–Trinajstić information content (AvgIpc) is 3.03. The van der Waals surface area contributed by atoms with Gasteiger partial charge in [-0.1, -0.05) is 24.6 Å². The summed E-state index contributed by atoms with van der Waals surface area (Å²) in [6.07, 6.45) is 3.41. The molecule has 1 saturated heterocycles. The van der Waals surface area contributed by atoms with Crippen LogP contribution < -0.4 is 0 Å². The first kappa shape index (κ1) is 20.4. The zero-order valence-electron chi connectivity index (χ0n) is 16.5. The van der Waals surface area contributed by atoms with Crippen LogP contribution in [0.2, 0.25) is 0 Å². The van der Waals surface area contributed by atoms with Gasteiger partial charge in [-0.05, 0) is 38.1 Å². The number of hydrogen-bond acceptors (Lipinski definition) is 8. The number of nitro groups is 2. The van der Waals surface area contributed by atoms with Crippen molar-refractivity contribution in [3.8, 4) is 5.88 Å². The Bertz CT molecular complexity index is 1180. The summed E-state index contributed by atoms with van der Waals surface area (Å²) >= 11 is 0. The molecule has 0 atom stereocenters. The quantitative estimate of drug-likeness (QED) is 0.335. The van der Waals surface area contributed by atoms with Gasteiger partial charge in [0.05, 0.1) is 28.1 Å². The van der Waals surface area contributed by atoms with Crippen molar-refractivity contribution in [3.63, 3.8) is 0 Å². The van der Waals surface area contributed by atoms with Crippen LogP contribution in [0.5, 0.6) is 5.88 Å². The van der Waals surface area contributed by atoms with Crippen molar-refractivity contribution in [1.82, 2.24) is 9.47 Å². The lowest BCUT2D eigenvalue weighted by atomic mass is 10.1. The van der Waals surface area contributed by atoms with Crippen LogP contribution in [-0.2, 0) is 6.67 Å². The van der Waals surface area contributed by atoms with E-state index in [-0.39, 0.29) is 17.3 Å². The highest BCUT2D eigenvalue weighted by molar-refractivity contribution is 5.95. The average molecular weight is 424 g/mol. The summed E-state index contributed by atoms with van der Waals surface area (Å²) < 4.78 is 1.75. The Morgan fingerprint density at radius 2 is 1.71 bits per heavy atom. The molecule has 1 aliphatic heterocycles. The van der Waals surface area contributed by atoms with E-state index in [1.165, 1.54) is 12.5 Å². The van der Waals surface area contributed by atoms with E-state index in [9.17, 15) is 25.3 Å². The third kappa shape index (κ3) is 4.08. The number of azo groups is 1. The molecule has 2 aromatic carbocycles. The minimum Gasteiger partial charge on any atom is -0.493 e. The molecule has 1 aliphatic rings. The van der Waals surface area contributed by atoms with Crippen molar-refractivity contribution >= 4 is 33.7 Å². The van der Waals surface area contributed by atoms with Gasteiger partial charge in [0.1, 0.15) is 0 Å². The molecule has 31 heavy (non-hydrogen) atoms. The summed E-state index contributed by atoms with van der Waals surface area (Å²) in [4.78, 5) is 23.0. The van der Waals surface area contributed by atoms with Crippen LogP contribution in [0.4, 0.5) is 22.7 Å². The van der Waals surface area contributed by atoms with E-state index in [2.05, 4.69) is 15.1 Å². The maximum absolute atomic E-state index is 11.3. The number of non-ortho nitro benzene ring substituents is 1. The summed E-state index contributed by atoms with van der Waals surface area (Å²) in [5.41, 5.74) is -0.109. The van der Waals surface area contributed by atoms with E-state index in [1.807, 2.05) is 12.1 Å². The lowest BCUT2D eigenvalue weighted by molar-refractivity contribution is -0.393. The second-order valence-corrected chi connectivity index (χ2v) is 7.32. The molecule has 0 amide bonds. The number of hydrogen-bond donors (Lipinski definition) is 1. The molecule has 0 aliphatic carbocycles. The van der Waals surface area contributed by atoms with Crippen LogP contribution in [0.25, 0.3) is 10.9 Å². The highest BCUT2D eigenvalue weighted by atomic mass is 16.6. The van der Waals surface area contributed by atoms with Crippen molar-refractivity contribution in [2.24, 2.45) is 10.2 Å². The van der Waals surface area contributed by atoms with Gasteiger partial charge in [0.2, 0.25) is 5.88 Å². The second kappa shape index (κ2) is 8.48. The fraction of sp³-hybridized carbons (Fsp3) is 0.300. The predicted molar refractivity (Wildman–Crippen MR) is 113 cm³/mol. The van der Waals surface area contributed by atoms with Crippen molar-refractivity contribution < 1.29 is 15.0 Å². The molecule has 0 bridgehead atoms. The number of fused-ring (bicyclic) bond motifs is 1. The molecule has 3 aromatic rings. The zero-order valence-corrected chi connectivity index (χ0v) is 16.5. The SMILES string of the molecule is O=[N+]([O-])c1ccc(N=Nc2c(O)n(CN3CCCCC3)c3ccccc23)c([N+](=O)[O-])c1. The molecule has 160 valence electrons. The zero-order chi connectivity index (χ0) is 22.0. The molecule has 1 aromatic heterocycles. The normalized spacial score (nSPS) is 15.0. The maximum Gasteiger partial charge on any atom is 0.303 e. The number of benzene rings is 2. The van der Waals surface area contributed by atoms with Gasteiger partial charge >= 0.3 is 5.69 Å². The number of aromatic nitrogens is 1. The summed E-state index contributed by atoms with van der Waals surface area (Å²) in [5, 5.41) is 41.8. The van der Waals surface area contributed by atoms with Gasteiger partial charge in [-0.15, -0.1) is 10.2 Å². The van der Waals surface area contributed by atoms with E-state index < -0.39 is 21.2 Å². The molecule has 0 unspecified atom stereocenters. The Balaban J connectivity index is 1.74. The number of nitrogens with zero attached hydrogens (tertiary/aromatic N) is 6. The largest absolute Gasteiger partial charge is 0.493 e. The molecule has 0 radical (unpaired) electrons. The van der Waals surface area contributed by atoms with Crippen LogP contribution in [0.3, 0.4) is 0 Å². The first-order valence-corrected chi connectivity index (χ1v) is 9.83. The predicted octanol–water partition coefficient (Wildman–Crippen LogP) is 5.02. The number of para-hydroxylation sites is 1. The van der Waals surface area contributed by atoms with Crippen LogP contribution in [0.15, 0.2) is 52.7 Å². The molecule has 1 fully saturated rings. The number of likely N-dealkylation sites (tertiary alicyclic amines) is 1. The van der Waals surface area contributed by atoms with E-state index in [0.717, 1.165) is 43.6 Å². The minimum absolute atomic E-state index is 0.0833. The summed E-state index contributed by atoms with van der Waals surface area (Å²) in [7, 11) is 0. The number of aromatic hydroxyl groups is 1. The van der Waals surface area contributed by atoms with Gasteiger partial charge in [-0.3, -0.25) is 29.7 Å². The fourth-order valence-electron chi connectivity index (χ4n) is 3.77. The molecule has 4 rings (SSSR count). The summed E-state index contributed by atoms with van der Waals surface area (Å²) in [6, 6.07) is 10.5. The Hall–Kier alpha value is -3.86. The Kier molecular flexibility index (Phi) is 5.58. The fourth-order valence-corrected chi connectivity index (χ4v) is 3.77. The standard InChI is InChI=1S/C20H20N6O5/c27-20-19(22-21-16-9-8-14(25(28)29)12-18(16)26(30)31)15-6-2-3-7-17(15)24(20)13-23-10-4-1-5-11-23/h2-3,6-9,12,27H,1,4-5,10-11,13H2. The van der Waals surface area contributed by atoms with E-state index in [1.54, 1.807) is 16.7 Å². The lowest BCUT2D eigenvalue weighted by Gasteiger charge is -2.27. The van der Waals surface area contributed by atoms with Gasteiger partial charge in [-0.25, -0.2) is 0 Å². The Morgan fingerprint density at radius 1 is 0.968 bits per heavy atom. The Labute approximate surface area is 176 Å². The molecule has 11 nitrogen and oxygen atoms in total. The lowest BCUT2D eigenvalue weighted by Crippen LogP contribution is -2.31. The van der Waals surface area contributed by atoms with Crippen molar-refractivity contribution in [2.75, 3.05) is 13.1 Å². The van der Waals surface area contributed by atoms with Crippen LogP contribution in [0, 0.1) is 20.2 Å². The number of rotatable bonds is 6. The second-order valence-electron chi connectivity index (χ2n) is 7.32. The van der Waals surface area contributed by atoms with Gasteiger partial charge < -0.3 is 5.11 Å². The number of nitro benzene ring substituents is 2. The van der Waals surface area contributed by atoms with E-state index >= 15 is 0 Å².